The molecule has 1 aliphatic heterocycles. The molecule has 0 unspecified atom stereocenters. The van der Waals surface area contributed by atoms with Gasteiger partial charge >= 0.3 is 0 Å². The highest BCUT2D eigenvalue weighted by Crippen LogP contribution is 2.25. The molecule has 1 fully saturated rings. The number of rotatable bonds is 2. The van der Waals surface area contributed by atoms with Crippen molar-refractivity contribution in [2.45, 2.75) is 0 Å². The standard InChI is InChI=1S/C14H11N3O2S/c18-12-6-5-9-3-1-2-4-10(9)11(12)7-15-17-14-16-13(19)8-20-14/h1-7,18H,8H2,(H,16,17,19). The zero-order chi connectivity index (χ0) is 13.9. The summed E-state index contributed by atoms with van der Waals surface area (Å²) in [6, 6.07) is 11.2. The summed E-state index contributed by atoms with van der Waals surface area (Å²) in [5.41, 5.74) is 0.613. The Morgan fingerprint density at radius 3 is 2.90 bits per heavy atom. The van der Waals surface area contributed by atoms with Crippen LogP contribution in [0.4, 0.5) is 0 Å². The van der Waals surface area contributed by atoms with Gasteiger partial charge in [0.15, 0.2) is 5.17 Å². The van der Waals surface area contributed by atoms with Gasteiger partial charge in [-0.25, -0.2) is 0 Å². The monoisotopic (exact) mass is 285 g/mol. The van der Waals surface area contributed by atoms with E-state index in [1.165, 1.54) is 18.0 Å². The number of nitrogens with one attached hydrogen (secondary N) is 1. The molecule has 1 aliphatic rings. The second-order valence-corrected chi connectivity index (χ2v) is 5.17. The lowest BCUT2D eigenvalue weighted by Crippen LogP contribution is -2.19. The second kappa shape index (κ2) is 5.34. The number of hydrogen-bond acceptors (Lipinski definition) is 5. The average Bonchev–Trinajstić information content (AvgIpc) is 2.87. The molecule has 100 valence electrons. The summed E-state index contributed by atoms with van der Waals surface area (Å²) in [4.78, 5) is 11.0. The number of benzene rings is 2. The van der Waals surface area contributed by atoms with E-state index in [-0.39, 0.29) is 11.7 Å². The van der Waals surface area contributed by atoms with Crippen LogP contribution in [-0.2, 0) is 4.79 Å². The number of amides is 1. The molecule has 2 aromatic rings. The third-order valence-corrected chi connectivity index (χ3v) is 3.73. The fourth-order valence-electron chi connectivity index (χ4n) is 1.94. The topological polar surface area (TPSA) is 74.0 Å². The van der Waals surface area contributed by atoms with Gasteiger partial charge in [-0.15, -0.1) is 5.10 Å². The molecule has 0 atom stereocenters. The molecule has 0 spiro atoms. The zero-order valence-electron chi connectivity index (χ0n) is 10.4. The molecule has 3 rings (SSSR count). The smallest absolute Gasteiger partial charge is 0.236 e. The van der Waals surface area contributed by atoms with E-state index < -0.39 is 0 Å². The van der Waals surface area contributed by atoms with Crippen molar-refractivity contribution in [3.8, 4) is 5.75 Å². The van der Waals surface area contributed by atoms with E-state index >= 15 is 0 Å². The lowest BCUT2D eigenvalue weighted by molar-refractivity contribution is -0.116. The highest BCUT2D eigenvalue weighted by atomic mass is 32.2. The number of phenolic OH excluding ortho intramolecular Hbond substituents is 1. The largest absolute Gasteiger partial charge is 0.507 e. The third-order valence-electron chi connectivity index (χ3n) is 2.87. The Morgan fingerprint density at radius 1 is 1.25 bits per heavy atom. The van der Waals surface area contributed by atoms with Crippen LogP contribution in [0, 0.1) is 0 Å². The van der Waals surface area contributed by atoms with Crippen LogP contribution >= 0.6 is 11.8 Å². The van der Waals surface area contributed by atoms with Crippen molar-refractivity contribution in [2.24, 2.45) is 10.2 Å². The molecule has 0 bridgehead atoms. The van der Waals surface area contributed by atoms with Crippen LogP contribution in [0.5, 0.6) is 5.75 Å². The Hall–Kier alpha value is -2.34. The summed E-state index contributed by atoms with van der Waals surface area (Å²) < 4.78 is 0. The van der Waals surface area contributed by atoms with Gasteiger partial charge in [0, 0.05) is 5.56 Å². The van der Waals surface area contributed by atoms with E-state index in [1.54, 1.807) is 6.07 Å². The fraction of sp³-hybridized carbons (Fsp3) is 0.0714. The number of fused-ring (bicyclic) bond motifs is 1. The van der Waals surface area contributed by atoms with Gasteiger partial charge in [0.2, 0.25) is 5.91 Å². The normalized spacial score (nSPS) is 17.2. The van der Waals surface area contributed by atoms with Gasteiger partial charge in [0.05, 0.1) is 12.0 Å². The van der Waals surface area contributed by atoms with Crippen molar-refractivity contribution >= 4 is 39.8 Å². The first-order valence-corrected chi connectivity index (χ1v) is 6.97. The molecule has 1 saturated heterocycles. The number of phenols is 1. The number of aromatic hydroxyl groups is 1. The first-order chi connectivity index (χ1) is 9.74. The molecule has 6 heteroatoms. The maximum absolute atomic E-state index is 11.0. The minimum atomic E-state index is -0.0723. The van der Waals surface area contributed by atoms with Gasteiger partial charge in [-0.3, -0.25) is 4.79 Å². The summed E-state index contributed by atoms with van der Waals surface area (Å²) >= 11 is 1.31. The van der Waals surface area contributed by atoms with Crippen molar-refractivity contribution < 1.29 is 9.90 Å². The molecule has 1 amide bonds. The number of amidine groups is 1. The van der Waals surface area contributed by atoms with Crippen LogP contribution in [0.2, 0.25) is 0 Å². The minimum Gasteiger partial charge on any atom is -0.507 e. The third kappa shape index (κ3) is 2.50. The minimum absolute atomic E-state index is 0.0723. The maximum Gasteiger partial charge on any atom is 0.236 e. The molecule has 0 aliphatic carbocycles. The molecular weight excluding hydrogens is 274 g/mol. The predicted octanol–water partition coefficient (Wildman–Crippen LogP) is 2.10. The summed E-state index contributed by atoms with van der Waals surface area (Å²) in [6.07, 6.45) is 1.50. The second-order valence-electron chi connectivity index (χ2n) is 4.21. The lowest BCUT2D eigenvalue weighted by Gasteiger charge is -2.03. The molecule has 2 aromatic carbocycles. The first kappa shape index (κ1) is 12.7. The molecule has 2 N–H and O–H groups in total. The Morgan fingerprint density at radius 2 is 2.10 bits per heavy atom. The number of carbonyl (C=O) groups is 1. The fourth-order valence-corrected chi connectivity index (χ4v) is 2.57. The average molecular weight is 285 g/mol. The maximum atomic E-state index is 11.0. The molecular formula is C14H11N3O2S. The van der Waals surface area contributed by atoms with Gasteiger partial charge < -0.3 is 10.4 Å². The van der Waals surface area contributed by atoms with Crippen molar-refractivity contribution in [2.75, 3.05) is 5.75 Å². The number of carbonyl (C=O) groups excluding carboxylic acids is 1. The van der Waals surface area contributed by atoms with Crippen molar-refractivity contribution in [1.29, 1.82) is 0 Å². The SMILES string of the molecule is O=C1CS/C(=N\N=Cc2c(O)ccc3ccccc23)N1. The Labute approximate surface area is 119 Å². The van der Waals surface area contributed by atoms with Gasteiger partial charge in [-0.05, 0) is 16.8 Å². The number of thioether (sulfide) groups is 1. The summed E-state index contributed by atoms with van der Waals surface area (Å²) in [5, 5.41) is 22.8. The van der Waals surface area contributed by atoms with Crippen LogP contribution in [0.1, 0.15) is 5.56 Å². The molecule has 0 aromatic heterocycles. The van der Waals surface area contributed by atoms with E-state index in [1.807, 2.05) is 30.3 Å². The zero-order valence-corrected chi connectivity index (χ0v) is 11.2. The van der Waals surface area contributed by atoms with Gasteiger partial charge in [0.1, 0.15) is 5.75 Å². The van der Waals surface area contributed by atoms with Gasteiger partial charge in [0.25, 0.3) is 0 Å². The van der Waals surface area contributed by atoms with Crippen LogP contribution < -0.4 is 5.32 Å². The summed E-state index contributed by atoms with van der Waals surface area (Å²) in [5.74, 6) is 0.446. The van der Waals surface area contributed by atoms with Crippen LogP contribution in [-0.4, -0.2) is 28.1 Å². The Kier molecular flexibility index (Phi) is 3.39. The van der Waals surface area contributed by atoms with Crippen LogP contribution in [0.25, 0.3) is 10.8 Å². The lowest BCUT2D eigenvalue weighted by atomic mass is 10.0. The quantitative estimate of drug-likeness (QED) is 0.655. The van der Waals surface area contributed by atoms with Gasteiger partial charge in [-0.2, -0.15) is 5.10 Å². The summed E-state index contributed by atoms with van der Waals surface area (Å²) in [7, 11) is 0. The Balaban J connectivity index is 1.94. The van der Waals surface area contributed by atoms with Crippen LogP contribution in [0.15, 0.2) is 46.6 Å². The Bertz CT molecular complexity index is 740. The molecule has 5 nitrogen and oxygen atoms in total. The summed E-state index contributed by atoms with van der Waals surface area (Å²) in [6.45, 7) is 0. The van der Waals surface area contributed by atoms with Crippen molar-refractivity contribution in [3.05, 3.63) is 42.0 Å². The number of nitrogens with zero attached hydrogens (tertiary/aromatic N) is 2. The van der Waals surface area contributed by atoms with E-state index in [2.05, 4.69) is 15.5 Å². The van der Waals surface area contributed by atoms with Gasteiger partial charge in [-0.1, -0.05) is 42.1 Å². The molecule has 0 saturated carbocycles. The van der Waals surface area contributed by atoms with Crippen molar-refractivity contribution in [1.82, 2.24) is 5.32 Å². The molecule has 0 radical (unpaired) electrons. The molecule has 1 heterocycles. The predicted molar refractivity (Wildman–Crippen MR) is 81.2 cm³/mol. The molecule has 20 heavy (non-hydrogen) atoms. The van der Waals surface area contributed by atoms with E-state index in [0.29, 0.717) is 16.5 Å². The van der Waals surface area contributed by atoms with E-state index in [0.717, 1.165) is 10.8 Å². The van der Waals surface area contributed by atoms with E-state index in [4.69, 9.17) is 0 Å². The highest BCUT2D eigenvalue weighted by molar-refractivity contribution is 8.15. The number of hydrogen-bond donors (Lipinski definition) is 2. The van der Waals surface area contributed by atoms with Crippen LogP contribution in [0.3, 0.4) is 0 Å². The first-order valence-electron chi connectivity index (χ1n) is 5.98. The highest BCUT2D eigenvalue weighted by Gasteiger charge is 2.16. The van der Waals surface area contributed by atoms with E-state index in [9.17, 15) is 9.90 Å². The van der Waals surface area contributed by atoms with Crippen molar-refractivity contribution in [3.63, 3.8) is 0 Å².